The standard InChI is InChI=1S/C17H19N5O2S/c18-16-19-15-3-1-2-14(22(15)20-16)13-6-4-12(5-7-13)10-21-8-9-25-11-17(21,23)24/h1-7,23-24H,8-11H2,(H2,18,20). The zero-order chi connectivity index (χ0) is 17.4. The van der Waals surface area contributed by atoms with Crippen molar-refractivity contribution in [2.75, 3.05) is 23.8 Å². The molecule has 3 heterocycles. The van der Waals surface area contributed by atoms with Crippen LogP contribution in [-0.2, 0) is 6.54 Å². The average molecular weight is 357 g/mol. The predicted octanol–water partition coefficient (Wildman–Crippen LogP) is 1.17. The third-order valence-electron chi connectivity index (χ3n) is 4.31. The minimum absolute atomic E-state index is 0.245. The number of pyridine rings is 1. The minimum Gasteiger partial charge on any atom is -0.366 e. The Kier molecular flexibility index (Phi) is 4.12. The SMILES string of the molecule is Nc1nc2cccc(-c3ccc(CN4CCSCC4(O)O)cc3)n2n1. The molecule has 4 N–H and O–H groups in total. The van der Waals surface area contributed by atoms with E-state index in [1.165, 1.54) is 0 Å². The molecule has 2 aromatic heterocycles. The Bertz CT molecular complexity index is 894. The Morgan fingerprint density at radius 2 is 1.96 bits per heavy atom. The maximum atomic E-state index is 10.1. The Hall–Kier alpha value is -2.13. The average Bonchev–Trinajstić information content (AvgIpc) is 2.97. The van der Waals surface area contributed by atoms with Crippen molar-refractivity contribution in [3.63, 3.8) is 0 Å². The number of nitrogens with zero attached hydrogens (tertiary/aromatic N) is 4. The molecule has 0 unspecified atom stereocenters. The third-order valence-corrected chi connectivity index (χ3v) is 5.37. The van der Waals surface area contributed by atoms with Gasteiger partial charge in [0.25, 0.3) is 0 Å². The molecule has 0 amide bonds. The quantitative estimate of drug-likeness (QED) is 0.605. The van der Waals surface area contributed by atoms with E-state index in [2.05, 4.69) is 10.1 Å². The van der Waals surface area contributed by atoms with Crippen LogP contribution in [0.15, 0.2) is 42.5 Å². The third kappa shape index (κ3) is 3.21. The van der Waals surface area contributed by atoms with Crippen LogP contribution in [-0.4, -0.2) is 53.7 Å². The summed E-state index contributed by atoms with van der Waals surface area (Å²) in [5.41, 5.74) is 9.32. The van der Waals surface area contributed by atoms with Crippen molar-refractivity contribution in [2.24, 2.45) is 0 Å². The van der Waals surface area contributed by atoms with Gasteiger partial charge in [-0.15, -0.1) is 5.10 Å². The molecule has 130 valence electrons. The largest absolute Gasteiger partial charge is 0.366 e. The fourth-order valence-electron chi connectivity index (χ4n) is 3.00. The van der Waals surface area contributed by atoms with E-state index in [1.807, 2.05) is 42.5 Å². The second kappa shape index (κ2) is 6.30. The van der Waals surface area contributed by atoms with Gasteiger partial charge in [-0.2, -0.15) is 16.7 Å². The number of aromatic nitrogens is 3. The van der Waals surface area contributed by atoms with E-state index in [0.29, 0.717) is 24.5 Å². The van der Waals surface area contributed by atoms with Gasteiger partial charge in [0.15, 0.2) is 5.65 Å². The van der Waals surface area contributed by atoms with Gasteiger partial charge in [0.05, 0.1) is 11.4 Å². The van der Waals surface area contributed by atoms with E-state index in [0.717, 1.165) is 22.6 Å². The predicted molar refractivity (Wildman–Crippen MR) is 97.7 cm³/mol. The number of fused-ring (bicyclic) bond motifs is 1. The van der Waals surface area contributed by atoms with Crippen molar-refractivity contribution in [2.45, 2.75) is 12.5 Å². The highest BCUT2D eigenvalue weighted by atomic mass is 32.2. The van der Waals surface area contributed by atoms with Crippen molar-refractivity contribution in [3.8, 4) is 11.3 Å². The number of nitrogens with two attached hydrogens (primary N) is 1. The van der Waals surface area contributed by atoms with Crippen molar-refractivity contribution < 1.29 is 10.2 Å². The molecule has 1 saturated heterocycles. The number of hydrogen-bond donors (Lipinski definition) is 3. The number of nitrogen functional groups attached to an aromatic ring is 1. The molecule has 25 heavy (non-hydrogen) atoms. The van der Waals surface area contributed by atoms with Gasteiger partial charge in [-0.25, -0.2) is 9.42 Å². The van der Waals surface area contributed by atoms with Gasteiger partial charge in [0.2, 0.25) is 11.9 Å². The van der Waals surface area contributed by atoms with Crippen molar-refractivity contribution in [3.05, 3.63) is 48.0 Å². The van der Waals surface area contributed by atoms with Crippen LogP contribution >= 0.6 is 11.8 Å². The molecule has 0 radical (unpaired) electrons. The summed E-state index contributed by atoms with van der Waals surface area (Å²) < 4.78 is 1.72. The zero-order valence-corrected chi connectivity index (χ0v) is 14.4. The van der Waals surface area contributed by atoms with Crippen LogP contribution in [0.3, 0.4) is 0 Å². The molecule has 4 rings (SSSR count). The van der Waals surface area contributed by atoms with E-state index >= 15 is 0 Å². The molecule has 7 nitrogen and oxygen atoms in total. The van der Waals surface area contributed by atoms with Gasteiger partial charge in [-0.3, -0.25) is 0 Å². The Balaban J connectivity index is 1.59. The van der Waals surface area contributed by atoms with Crippen LogP contribution in [0.2, 0.25) is 0 Å². The first-order valence-electron chi connectivity index (χ1n) is 8.01. The fourth-order valence-corrected chi connectivity index (χ4v) is 3.95. The molecular formula is C17H19N5O2S. The number of thioether (sulfide) groups is 1. The molecular weight excluding hydrogens is 338 g/mol. The molecule has 0 aliphatic carbocycles. The van der Waals surface area contributed by atoms with Crippen LogP contribution in [0, 0.1) is 0 Å². The number of benzene rings is 1. The fraction of sp³-hybridized carbons (Fsp3) is 0.294. The summed E-state index contributed by atoms with van der Waals surface area (Å²) in [4.78, 5) is 5.87. The molecule has 1 aliphatic heterocycles. The van der Waals surface area contributed by atoms with Crippen molar-refractivity contribution in [1.29, 1.82) is 0 Å². The lowest BCUT2D eigenvalue weighted by Crippen LogP contribution is -2.53. The first-order valence-corrected chi connectivity index (χ1v) is 9.16. The lowest BCUT2D eigenvalue weighted by atomic mass is 10.1. The molecule has 1 aliphatic rings. The van der Waals surface area contributed by atoms with Gasteiger partial charge < -0.3 is 15.9 Å². The van der Waals surface area contributed by atoms with E-state index in [1.54, 1.807) is 21.2 Å². The van der Waals surface area contributed by atoms with E-state index in [4.69, 9.17) is 5.73 Å². The first kappa shape index (κ1) is 16.3. The van der Waals surface area contributed by atoms with Gasteiger partial charge in [-0.1, -0.05) is 30.3 Å². The summed E-state index contributed by atoms with van der Waals surface area (Å²) in [6, 6.07) is 13.7. The highest BCUT2D eigenvalue weighted by Crippen LogP contribution is 2.25. The summed E-state index contributed by atoms with van der Waals surface area (Å²) in [5, 5.41) is 24.4. The molecule has 3 aromatic rings. The first-order chi connectivity index (χ1) is 12.0. The van der Waals surface area contributed by atoms with Gasteiger partial charge in [0, 0.05) is 24.4 Å². The second-order valence-corrected chi connectivity index (χ2v) is 7.20. The second-order valence-electron chi connectivity index (χ2n) is 6.10. The van der Waals surface area contributed by atoms with Crippen LogP contribution in [0.1, 0.15) is 5.56 Å². The monoisotopic (exact) mass is 357 g/mol. The number of hydrogen-bond acceptors (Lipinski definition) is 7. The summed E-state index contributed by atoms with van der Waals surface area (Å²) in [6.45, 7) is 1.14. The number of rotatable bonds is 3. The highest BCUT2D eigenvalue weighted by molar-refractivity contribution is 7.99. The highest BCUT2D eigenvalue weighted by Gasteiger charge is 2.34. The maximum absolute atomic E-state index is 10.1. The molecule has 1 fully saturated rings. The summed E-state index contributed by atoms with van der Waals surface area (Å²) in [6.07, 6.45) is 0. The maximum Gasteiger partial charge on any atom is 0.240 e. The molecule has 0 saturated carbocycles. The number of aliphatic hydroxyl groups is 2. The van der Waals surface area contributed by atoms with Crippen LogP contribution < -0.4 is 5.73 Å². The van der Waals surface area contributed by atoms with Gasteiger partial charge >= 0.3 is 0 Å². The van der Waals surface area contributed by atoms with E-state index < -0.39 is 5.91 Å². The molecule has 0 bridgehead atoms. The Morgan fingerprint density at radius 1 is 1.16 bits per heavy atom. The topological polar surface area (TPSA) is 99.9 Å². The lowest BCUT2D eigenvalue weighted by Gasteiger charge is -2.38. The van der Waals surface area contributed by atoms with E-state index in [-0.39, 0.29) is 5.95 Å². The summed E-state index contributed by atoms with van der Waals surface area (Å²) in [5.74, 6) is -0.294. The molecule has 0 atom stereocenters. The van der Waals surface area contributed by atoms with Crippen LogP contribution in [0.5, 0.6) is 0 Å². The Labute approximate surface area is 149 Å². The van der Waals surface area contributed by atoms with E-state index in [9.17, 15) is 10.2 Å². The normalized spacial score (nSPS) is 17.8. The van der Waals surface area contributed by atoms with Crippen molar-refractivity contribution >= 4 is 23.4 Å². The number of anilines is 1. The van der Waals surface area contributed by atoms with Crippen molar-refractivity contribution in [1.82, 2.24) is 19.5 Å². The van der Waals surface area contributed by atoms with Crippen LogP contribution in [0.4, 0.5) is 5.95 Å². The molecule has 8 heteroatoms. The summed E-state index contributed by atoms with van der Waals surface area (Å²) in [7, 11) is 0. The lowest BCUT2D eigenvalue weighted by molar-refractivity contribution is -0.250. The zero-order valence-electron chi connectivity index (χ0n) is 13.5. The summed E-state index contributed by atoms with van der Waals surface area (Å²) >= 11 is 1.55. The minimum atomic E-state index is -1.74. The Morgan fingerprint density at radius 3 is 2.72 bits per heavy atom. The smallest absolute Gasteiger partial charge is 0.240 e. The van der Waals surface area contributed by atoms with Crippen LogP contribution in [0.25, 0.3) is 16.9 Å². The van der Waals surface area contributed by atoms with Gasteiger partial charge in [-0.05, 0) is 17.7 Å². The molecule has 1 aromatic carbocycles. The van der Waals surface area contributed by atoms with Gasteiger partial charge in [0.1, 0.15) is 0 Å². The molecule has 0 spiro atoms.